The predicted octanol–water partition coefficient (Wildman–Crippen LogP) is 2.91. The molecule has 2 heteroatoms. The van der Waals surface area contributed by atoms with Crippen LogP contribution >= 0.6 is 0 Å². The quantitative estimate of drug-likeness (QED) is 0.780. The molecule has 96 valence electrons. The van der Waals surface area contributed by atoms with Crippen molar-refractivity contribution in [2.75, 3.05) is 20.1 Å². The van der Waals surface area contributed by atoms with Crippen molar-refractivity contribution in [1.82, 2.24) is 4.90 Å². The minimum atomic E-state index is -0.0721. The first-order valence-corrected chi connectivity index (χ1v) is 6.81. The molecule has 2 unspecified atom stereocenters. The van der Waals surface area contributed by atoms with Gasteiger partial charge in [-0.05, 0) is 50.6 Å². The summed E-state index contributed by atoms with van der Waals surface area (Å²) in [4.78, 5) is 2.39. The van der Waals surface area contributed by atoms with Gasteiger partial charge in [-0.1, -0.05) is 27.2 Å². The minimum Gasteiger partial charge on any atom is -0.393 e. The Morgan fingerprint density at radius 2 is 2.06 bits per heavy atom. The predicted molar refractivity (Wildman–Crippen MR) is 69.5 cm³/mol. The Balaban J connectivity index is 2.38. The summed E-state index contributed by atoms with van der Waals surface area (Å²) in [7, 11) is 2.18. The second kappa shape index (κ2) is 6.02. The Hall–Kier alpha value is -0.0800. The van der Waals surface area contributed by atoms with Crippen molar-refractivity contribution in [3.05, 3.63) is 0 Å². The molecule has 0 aromatic heterocycles. The lowest BCUT2D eigenvalue weighted by molar-refractivity contribution is 0.00759. The zero-order valence-electron chi connectivity index (χ0n) is 11.5. The highest BCUT2D eigenvalue weighted by atomic mass is 16.3. The molecule has 1 rings (SSSR count). The van der Waals surface area contributed by atoms with Crippen LogP contribution in [0, 0.1) is 11.3 Å². The molecule has 0 saturated heterocycles. The first-order valence-electron chi connectivity index (χ1n) is 6.81. The van der Waals surface area contributed by atoms with E-state index in [4.69, 9.17) is 0 Å². The lowest BCUT2D eigenvalue weighted by Crippen LogP contribution is -2.40. The topological polar surface area (TPSA) is 23.5 Å². The second-order valence-electron chi connectivity index (χ2n) is 6.35. The van der Waals surface area contributed by atoms with Crippen LogP contribution in [0.25, 0.3) is 0 Å². The molecule has 1 N–H and O–H groups in total. The Bertz CT molecular complexity index is 203. The first kappa shape index (κ1) is 14.0. The third kappa shape index (κ3) is 4.42. The smallest absolute Gasteiger partial charge is 0.0581 e. The Kier molecular flexibility index (Phi) is 5.26. The van der Waals surface area contributed by atoms with Gasteiger partial charge in [0.2, 0.25) is 0 Å². The van der Waals surface area contributed by atoms with Crippen LogP contribution in [0.15, 0.2) is 0 Å². The van der Waals surface area contributed by atoms with Crippen LogP contribution in [0.5, 0.6) is 0 Å². The van der Waals surface area contributed by atoms with E-state index in [2.05, 4.69) is 32.7 Å². The van der Waals surface area contributed by atoms with Crippen molar-refractivity contribution in [3.8, 4) is 0 Å². The molecule has 0 amide bonds. The molecule has 2 nitrogen and oxygen atoms in total. The van der Waals surface area contributed by atoms with Gasteiger partial charge in [0.05, 0.1) is 6.10 Å². The highest BCUT2D eigenvalue weighted by molar-refractivity contribution is 4.86. The van der Waals surface area contributed by atoms with E-state index >= 15 is 0 Å². The van der Waals surface area contributed by atoms with E-state index in [1.165, 1.54) is 32.2 Å². The lowest BCUT2D eigenvalue weighted by atomic mass is 9.71. The van der Waals surface area contributed by atoms with Crippen LogP contribution in [0.2, 0.25) is 0 Å². The fourth-order valence-corrected chi connectivity index (χ4v) is 2.83. The zero-order valence-corrected chi connectivity index (χ0v) is 11.5. The van der Waals surface area contributed by atoms with Gasteiger partial charge < -0.3 is 10.0 Å². The van der Waals surface area contributed by atoms with Gasteiger partial charge in [0, 0.05) is 6.54 Å². The number of unbranched alkanes of at least 4 members (excludes halogenated alkanes) is 1. The fraction of sp³-hybridized carbons (Fsp3) is 1.00. The van der Waals surface area contributed by atoms with Crippen molar-refractivity contribution in [2.24, 2.45) is 11.3 Å². The number of aliphatic hydroxyl groups is 1. The van der Waals surface area contributed by atoms with Gasteiger partial charge >= 0.3 is 0 Å². The number of hydrogen-bond donors (Lipinski definition) is 1. The summed E-state index contributed by atoms with van der Waals surface area (Å²) in [5.74, 6) is 0.477. The van der Waals surface area contributed by atoms with E-state index in [1.807, 2.05) is 0 Å². The van der Waals surface area contributed by atoms with Gasteiger partial charge in [-0.3, -0.25) is 0 Å². The van der Waals surface area contributed by atoms with E-state index in [9.17, 15) is 5.11 Å². The molecule has 0 bridgehead atoms. The maximum Gasteiger partial charge on any atom is 0.0581 e. The van der Waals surface area contributed by atoms with Gasteiger partial charge in [0.15, 0.2) is 0 Å². The normalized spacial score (nSPS) is 29.6. The molecule has 0 aromatic carbocycles. The van der Waals surface area contributed by atoms with Crippen molar-refractivity contribution in [3.63, 3.8) is 0 Å². The maximum atomic E-state index is 10.0. The van der Waals surface area contributed by atoms with Crippen molar-refractivity contribution in [1.29, 1.82) is 0 Å². The number of rotatable bonds is 5. The van der Waals surface area contributed by atoms with Gasteiger partial charge in [-0.2, -0.15) is 0 Å². The molecule has 0 heterocycles. The van der Waals surface area contributed by atoms with Gasteiger partial charge in [0.1, 0.15) is 0 Å². The molecule has 0 radical (unpaired) electrons. The molecule has 16 heavy (non-hydrogen) atoms. The largest absolute Gasteiger partial charge is 0.393 e. The fourth-order valence-electron chi connectivity index (χ4n) is 2.83. The summed E-state index contributed by atoms with van der Waals surface area (Å²) in [5, 5.41) is 10.0. The monoisotopic (exact) mass is 227 g/mol. The summed E-state index contributed by atoms with van der Waals surface area (Å²) in [6.07, 6.45) is 5.77. The molecule has 0 aliphatic heterocycles. The van der Waals surface area contributed by atoms with Gasteiger partial charge in [0.25, 0.3) is 0 Å². The Labute approximate surface area is 101 Å². The van der Waals surface area contributed by atoms with Gasteiger partial charge in [-0.15, -0.1) is 0 Å². The summed E-state index contributed by atoms with van der Waals surface area (Å²) < 4.78 is 0. The molecule has 0 spiro atoms. The van der Waals surface area contributed by atoms with Crippen LogP contribution in [-0.4, -0.2) is 36.2 Å². The number of nitrogens with zero attached hydrogens (tertiary/aromatic N) is 1. The van der Waals surface area contributed by atoms with Crippen molar-refractivity contribution >= 4 is 0 Å². The molecule has 2 atom stereocenters. The molecule has 1 aliphatic carbocycles. The van der Waals surface area contributed by atoms with Crippen LogP contribution in [0.4, 0.5) is 0 Å². The molecule has 0 aromatic rings. The summed E-state index contributed by atoms with van der Waals surface area (Å²) in [6.45, 7) is 9.12. The van der Waals surface area contributed by atoms with E-state index in [1.54, 1.807) is 0 Å². The standard InChI is InChI=1S/C14H29NO/c1-5-6-9-15(4)11-12-10-14(2,3)8-7-13(12)16/h12-13,16H,5-11H2,1-4H3. The van der Waals surface area contributed by atoms with E-state index < -0.39 is 0 Å². The zero-order chi connectivity index (χ0) is 12.2. The third-order valence-electron chi connectivity index (χ3n) is 3.92. The van der Waals surface area contributed by atoms with Crippen LogP contribution in [-0.2, 0) is 0 Å². The molecular weight excluding hydrogens is 198 g/mol. The first-order chi connectivity index (χ1) is 7.44. The van der Waals surface area contributed by atoms with E-state index in [-0.39, 0.29) is 6.10 Å². The summed E-state index contributed by atoms with van der Waals surface area (Å²) in [5.41, 5.74) is 0.426. The van der Waals surface area contributed by atoms with Crippen LogP contribution in [0.3, 0.4) is 0 Å². The third-order valence-corrected chi connectivity index (χ3v) is 3.92. The summed E-state index contributed by atoms with van der Waals surface area (Å²) in [6, 6.07) is 0. The highest BCUT2D eigenvalue weighted by Gasteiger charge is 2.34. The van der Waals surface area contributed by atoms with E-state index in [0.717, 1.165) is 13.0 Å². The van der Waals surface area contributed by atoms with Crippen LogP contribution < -0.4 is 0 Å². The molecular formula is C14H29NO. The average Bonchev–Trinajstić information content (AvgIpc) is 2.20. The Morgan fingerprint density at radius 1 is 1.38 bits per heavy atom. The Morgan fingerprint density at radius 3 is 2.69 bits per heavy atom. The second-order valence-corrected chi connectivity index (χ2v) is 6.35. The number of aliphatic hydroxyl groups excluding tert-OH is 1. The van der Waals surface area contributed by atoms with Crippen molar-refractivity contribution in [2.45, 2.75) is 59.0 Å². The SMILES string of the molecule is CCCCN(C)CC1CC(C)(C)CCC1O. The van der Waals surface area contributed by atoms with E-state index in [0.29, 0.717) is 11.3 Å². The van der Waals surface area contributed by atoms with Crippen molar-refractivity contribution < 1.29 is 5.11 Å². The van der Waals surface area contributed by atoms with Gasteiger partial charge in [-0.25, -0.2) is 0 Å². The number of hydrogen-bond acceptors (Lipinski definition) is 2. The lowest BCUT2D eigenvalue weighted by Gasteiger charge is -2.40. The average molecular weight is 227 g/mol. The summed E-state index contributed by atoms with van der Waals surface area (Å²) >= 11 is 0. The van der Waals surface area contributed by atoms with Crippen LogP contribution in [0.1, 0.15) is 52.9 Å². The maximum absolute atomic E-state index is 10.0. The molecule has 1 aliphatic rings. The highest BCUT2D eigenvalue weighted by Crippen LogP contribution is 2.38. The minimum absolute atomic E-state index is 0.0721. The molecule has 1 saturated carbocycles. The molecule has 1 fully saturated rings.